The zero-order valence-electron chi connectivity index (χ0n) is 11.3. The van der Waals surface area contributed by atoms with Gasteiger partial charge in [-0.05, 0) is 66.7 Å². The van der Waals surface area contributed by atoms with Gasteiger partial charge in [0.2, 0.25) is 0 Å². The Morgan fingerprint density at radius 2 is 2.26 bits per heavy atom. The van der Waals surface area contributed by atoms with Crippen LogP contribution in [0.4, 0.5) is 0 Å². The van der Waals surface area contributed by atoms with Crippen molar-refractivity contribution in [3.63, 3.8) is 0 Å². The summed E-state index contributed by atoms with van der Waals surface area (Å²) >= 11 is 9.96. The van der Waals surface area contributed by atoms with Crippen molar-refractivity contribution in [2.45, 2.75) is 32.1 Å². The van der Waals surface area contributed by atoms with Gasteiger partial charge in [-0.1, -0.05) is 22.4 Å². The predicted octanol–water partition coefficient (Wildman–Crippen LogP) is 5.05. The first kappa shape index (κ1) is 13.8. The van der Waals surface area contributed by atoms with E-state index in [0.717, 1.165) is 34.4 Å². The molecule has 1 aromatic rings. The second-order valence-corrected chi connectivity index (χ2v) is 7.39. The molecule has 0 saturated heterocycles. The Hall–Kier alpha value is -0.210. The van der Waals surface area contributed by atoms with Crippen LogP contribution in [0, 0.1) is 17.3 Å². The quantitative estimate of drug-likeness (QED) is 0.695. The highest BCUT2D eigenvalue weighted by atomic mass is 79.9. The summed E-state index contributed by atoms with van der Waals surface area (Å²) in [4.78, 5) is 0. The van der Waals surface area contributed by atoms with Gasteiger partial charge < -0.3 is 4.74 Å². The Labute approximate surface area is 128 Å². The SMILES string of the molecule is COc1ccc(Br)cc1CC1(CCl)CC2CCC1C2. The highest BCUT2D eigenvalue weighted by Crippen LogP contribution is 2.58. The fourth-order valence-electron chi connectivity index (χ4n) is 4.25. The molecule has 0 aromatic heterocycles. The van der Waals surface area contributed by atoms with Gasteiger partial charge in [0.05, 0.1) is 7.11 Å². The summed E-state index contributed by atoms with van der Waals surface area (Å²) in [5.74, 6) is 3.51. The molecule has 3 heteroatoms. The zero-order chi connectivity index (χ0) is 13.5. The van der Waals surface area contributed by atoms with Crippen molar-refractivity contribution in [2.75, 3.05) is 13.0 Å². The molecule has 2 fully saturated rings. The molecule has 2 saturated carbocycles. The highest BCUT2D eigenvalue weighted by Gasteiger charge is 2.50. The molecule has 0 aliphatic heterocycles. The van der Waals surface area contributed by atoms with Gasteiger partial charge in [0.1, 0.15) is 5.75 Å². The van der Waals surface area contributed by atoms with Crippen LogP contribution < -0.4 is 4.74 Å². The molecule has 0 radical (unpaired) electrons. The Bertz CT molecular complexity index is 476. The predicted molar refractivity (Wildman–Crippen MR) is 83.0 cm³/mol. The number of hydrogen-bond donors (Lipinski definition) is 0. The first-order valence-electron chi connectivity index (χ1n) is 7.05. The van der Waals surface area contributed by atoms with Crippen LogP contribution in [0.25, 0.3) is 0 Å². The fourth-order valence-corrected chi connectivity index (χ4v) is 5.08. The largest absolute Gasteiger partial charge is 0.496 e. The standard InChI is InChI=1S/C16H20BrClO/c1-19-15-5-4-14(17)7-12(15)9-16(10-18)8-11-2-3-13(16)6-11/h4-5,7,11,13H,2-3,6,8-10H2,1H3. The van der Waals surface area contributed by atoms with E-state index in [1.807, 2.05) is 6.07 Å². The first-order valence-corrected chi connectivity index (χ1v) is 8.38. The molecule has 1 nitrogen and oxygen atoms in total. The maximum Gasteiger partial charge on any atom is 0.122 e. The van der Waals surface area contributed by atoms with Crippen molar-refractivity contribution in [1.29, 1.82) is 0 Å². The molecule has 3 unspecified atom stereocenters. The molecule has 2 aliphatic carbocycles. The topological polar surface area (TPSA) is 9.23 Å². The van der Waals surface area contributed by atoms with E-state index >= 15 is 0 Å². The number of methoxy groups -OCH3 is 1. The number of halogens is 2. The van der Waals surface area contributed by atoms with Gasteiger partial charge in [-0.3, -0.25) is 0 Å². The molecule has 3 atom stereocenters. The summed E-state index contributed by atoms with van der Waals surface area (Å²) in [6.07, 6.45) is 6.53. The van der Waals surface area contributed by atoms with Gasteiger partial charge in [0.25, 0.3) is 0 Å². The van der Waals surface area contributed by atoms with Crippen molar-refractivity contribution in [2.24, 2.45) is 17.3 Å². The van der Waals surface area contributed by atoms with Crippen LogP contribution in [-0.4, -0.2) is 13.0 Å². The molecule has 0 heterocycles. The molecule has 0 N–H and O–H groups in total. The highest BCUT2D eigenvalue weighted by molar-refractivity contribution is 9.10. The third-order valence-corrected chi connectivity index (χ3v) is 6.18. The summed E-state index contributed by atoms with van der Waals surface area (Å²) in [5, 5.41) is 0. The average Bonchev–Trinajstić information content (AvgIpc) is 3.00. The van der Waals surface area contributed by atoms with E-state index in [9.17, 15) is 0 Å². The van der Waals surface area contributed by atoms with Crippen LogP contribution in [0.3, 0.4) is 0 Å². The van der Waals surface area contributed by atoms with Gasteiger partial charge in [0, 0.05) is 10.4 Å². The molecule has 3 rings (SSSR count). The normalized spacial score (nSPS) is 32.8. The van der Waals surface area contributed by atoms with Crippen LogP contribution in [0.1, 0.15) is 31.2 Å². The van der Waals surface area contributed by atoms with E-state index in [1.54, 1.807) is 7.11 Å². The molecule has 0 spiro atoms. The van der Waals surface area contributed by atoms with Crippen molar-refractivity contribution >= 4 is 27.5 Å². The minimum Gasteiger partial charge on any atom is -0.496 e. The van der Waals surface area contributed by atoms with E-state index in [4.69, 9.17) is 16.3 Å². The third-order valence-electron chi connectivity index (χ3n) is 5.15. The van der Waals surface area contributed by atoms with Crippen LogP contribution in [0.15, 0.2) is 22.7 Å². The fraction of sp³-hybridized carbons (Fsp3) is 0.625. The van der Waals surface area contributed by atoms with Crippen molar-refractivity contribution in [3.05, 3.63) is 28.2 Å². The maximum atomic E-state index is 6.39. The summed E-state index contributed by atoms with van der Waals surface area (Å²) < 4.78 is 6.64. The van der Waals surface area contributed by atoms with Crippen LogP contribution in [0.2, 0.25) is 0 Å². The molecule has 0 amide bonds. The molecule has 1 aromatic carbocycles. The number of alkyl halides is 1. The number of fused-ring (bicyclic) bond motifs is 2. The Balaban J connectivity index is 1.89. The second kappa shape index (κ2) is 5.29. The molecule has 2 bridgehead atoms. The molecule has 104 valence electrons. The Morgan fingerprint density at radius 1 is 1.42 bits per heavy atom. The number of benzene rings is 1. The van der Waals surface area contributed by atoms with Crippen LogP contribution in [-0.2, 0) is 6.42 Å². The molecule has 2 aliphatic rings. The minimum absolute atomic E-state index is 0.304. The summed E-state index contributed by atoms with van der Waals surface area (Å²) in [6, 6.07) is 6.28. The molecular formula is C16H20BrClO. The summed E-state index contributed by atoms with van der Waals surface area (Å²) in [6.45, 7) is 0. The second-order valence-electron chi connectivity index (χ2n) is 6.21. The monoisotopic (exact) mass is 342 g/mol. The maximum absolute atomic E-state index is 6.39. The first-order chi connectivity index (χ1) is 9.16. The van der Waals surface area contributed by atoms with Crippen LogP contribution in [0.5, 0.6) is 5.75 Å². The number of rotatable bonds is 4. The van der Waals surface area contributed by atoms with Gasteiger partial charge in [-0.2, -0.15) is 0 Å². The van der Waals surface area contributed by atoms with Crippen molar-refractivity contribution in [1.82, 2.24) is 0 Å². The van der Waals surface area contributed by atoms with E-state index in [0.29, 0.717) is 5.41 Å². The van der Waals surface area contributed by atoms with E-state index in [2.05, 4.69) is 28.1 Å². The van der Waals surface area contributed by atoms with Gasteiger partial charge in [0.15, 0.2) is 0 Å². The van der Waals surface area contributed by atoms with Crippen molar-refractivity contribution < 1.29 is 4.74 Å². The lowest BCUT2D eigenvalue weighted by Crippen LogP contribution is -2.32. The van der Waals surface area contributed by atoms with E-state index in [-0.39, 0.29) is 0 Å². The van der Waals surface area contributed by atoms with Crippen LogP contribution >= 0.6 is 27.5 Å². The van der Waals surface area contributed by atoms with E-state index in [1.165, 1.54) is 31.2 Å². The van der Waals surface area contributed by atoms with Gasteiger partial charge in [-0.25, -0.2) is 0 Å². The van der Waals surface area contributed by atoms with Gasteiger partial charge in [-0.15, -0.1) is 11.6 Å². The lowest BCUT2D eigenvalue weighted by Gasteiger charge is -2.36. The number of hydrogen-bond acceptors (Lipinski definition) is 1. The summed E-state index contributed by atoms with van der Waals surface area (Å²) in [7, 11) is 1.75. The van der Waals surface area contributed by atoms with Gasteiger partial charge >= 0.3 is 0 Å². The third kappa shape index (κ3) is 2.42. The lowest BCUT2D eigenvalue weighted by molar-refractivity contribution is 0.191. The lowest BCUT2D eigenvalue weighted by atomic mass is 9.70. The molecular weight excluding hydrogens is 324 g/mol. The number of ether oxygens (including phenoxy) is 1. The van der Waals surface area contributed by atoms with E-state index < -0.39 is 0 Å². The minimum atomic E-state index is 0.304. The Kier molecular flexibility index (Phi) is 3.83. The Morgan fingerprint density at radius 3 is 2.84 bits per heavy atom. The molecule has 19 heavy (non-hydrogen) atoms. The van der Waals surface area contributed by atoms with Crippen molar-refractivity contribution in [3.8, 4) is 5.75 Å². The smallest absolute Gasteiger partial charge is 0.122 e. The zero-order valence-corrected chi connectivity index (χ0v) is 13.6. The summed E-state index contributed by atoms with van der Waals surface area (Å²) in [5.41, 5.74) is 1.60. The average molecular weight is 344 g/mol.